The number of ether oxygens (including phenoxy) is 1. The second-order valence-electron chi connectivity index (χ2n) is 15.1. The Balaban J connectivity index is 0.846. The maximum Gasteiger partial charge on any atom is 0.264 e. The summed E-state index contributed by atoms with van der Waals surface area (Å²) in [5.74, 6) is 6.51. The van der Waals surface area contributed by atoms with E-state index >= 15 is 0 Å². The minimum Gasteiger partial charge on any atom is -0.457 e. The smallest absolute Gasteiger partial charge is 0.264 e. The molecule has 0 radical (unpaired) electrons. The predicted molar refractivity (Wildman–Crippen MR) is 224 cm³/mol. The van der Waals surface area contributed by atoms with E-state index < -0.39 is 17.9 Å². The lowest BCUT2D eigenvalue weighted by Crippen LogP contribution is -2.46. The topological polar surface area (TPSA) is 195 Å². The van der Waals surface area contributed by atoms with Crippen molar-refractivity contribution < 1.29 is 28.7 Å². The summed E-state index contributed by atoms with van der Waals surface area (Å²) >= 11 is 0. The number of hydrogen-bond acceptors (Lipinski definition) is 13. The highest BCUT2D eigenvalue weighted by Gasteiger charge is 2.44. The number of rotatable bonds is 14. The van der Waals surface area contributed by atoms with Crippen LogP contribution >= 0.6 is 0 Å². The summed E-state index contributed by atoms with van der Waals surface area (Å²) in [4.78, 5) is 74.1. The lowest BCUT2D eigenvalue weighted by Gasteiger charge is -2.34. The Hall–Kier alpha value is -7.30. The van der Waals surface area contributed by atoms with Crippen molar-refractivity contribution in [1.29, 1.82) is 0 Å². The van der Waals surface area contributed by atoms with Crippen molar-refractivity contribution in [1.82, 2.24) is 34.9 Å². The van der Waals surface area contributed by atoms with Gasteiger partial charge in [0, 0.05) is 37.3 Å². The van der Waals surface area contributed by atoms with Crippen molar-refractivity contribution in [3.63, 3.8) is 0 Å². The lowest BCUT2D eigenvalue weighted by atomic mass is 10.0. The van der Waals surface area contributed by atoms with E-state index in [0.717, 1.165) is 61.3 Å². The molecule has 3 aliphatic rings. The van der Waals surface area contributed by atoms with Crippen molar-refractivity contribution >= 4 is 52.2 Å². The van der Waals surface area contributed by atoms with Crippen molar-refractivity contribution in [2.24, 2.45) is 0 Å². The third kappa shape index (κ3) is 7.93. The standard InChI is InChI=1S/C45H43N9O6/c46-42-40-41(29-16-19-34(20-17-29)60-33-12-5-3-6-13-33)51-54(43(40)49-28-48-42)31-11-9-23-52(24-31)32(26-56)10-4-1-2-7-22-47-36-15-8-14-35-39(36)45(59)53(44(35)58)38-21-18-30(25-55)50-37(38)27-57/h3,5-6,8,12-17,19-20,28,31,38,47,50H,1-2,4,7,9-11,18,21-24H2,(H2,46,48,49)/t31-,38?/m1/s1. The number of fused-ring (bicyclic) bond motifs is 2. The molecular formula is C45H43N9O6. The number of amides is 2. The van der Waals surface area contributed by atoms with E-state index in [4.69, 9.17) is 15.6 Å². The summed E-state index contributed by atoms with van der Waals surface area (Å²) in [7, 11) is 0. The maximum atomic E-state index is 13.6. The van der Waals surface area contributed by atoms with Gasteiger partial charge in [-0.25, -0.2) is 29.0 Å². The van der Waals surface area contributed by atoms with Crippen molar-refractivity contribution in [2.45, 2.75) is 69.9 Å². The molecule has 15 nitrogen and oxygen atoms in total. The molecule has 60 heavy (non-hydrogen) atoms. The Labute approximate surface area is 345 Å². The van der Waals surface area contributed by atoms with Gasteiger partial charge in [-0.1, -0.05) is 37.1 Å². The van der Waals surface area contributed by atoms with E-state index in [1.54, 1.807) is 30.1 Å². The molecular weight excluding hydrogens is 763 g/mol. The summed E-state index contributed by atoms with van der Waals surface area (Å²) in [6.45, 7) is 1.90. The Morgan fingerprint density at radius 1 is 0.883 bits per heavy atom. The molecule has 1 unspecified atom stereocenters. The molecule has 0 aliphatic carbocycles. The molecule has 304 valence electrons. The Bertz CT molecular complexity index is 2590. The average Bonchev–Trinajstić information content (AvgIpc) is 3.80. The Morgan fingerprint density at radius 2 is 1.68 bits per heavy atom. The lowest BCUT2D eigenvalue weighted by molar-refractivity contribution is 0.0593. The highest BCUT2D eigenvalue weighted by molar-refractivity contribution is 6.24. The zero-order valence-corrected chi connectivity index (χ0v) is 32.9. The van der Waals surface area contributed by atoms with Crippen LogP contribution in [0.1, 0.15) is 84.5 Å². The Morgan fingerprint density at radius 3 is 2.47 bits per heavy atom. The van der Waals surface area contributed by atoms with Gasteiger partial charge < -0.3 is 26.0 Å². The molecule has 4 N–H and O–H groups in total. The second kappa shape index (κ2) is 17.7. The number of nitrogen functional groups attached to an aromatic ring is 1. The number of likely N-dealkylation sites (tertiary alicyclic amines) is 1. The van der Waals surface area contributed by atoms with Crippen LogP contribution in [0.4, 0.5) is 11.5 Å². The zero-order chi connectivity index (χ0) is 41.6. The highest BCUT2D eigenvalue weighted by atomic mass is 16.5. The first-order valence-electron chi connectivity index (χ1n) is 20.2. The van der Waals surface area contributed by atoms with E-state index in [2.05, 4.69) is 31.4 Å². The van der Waals surface area contributed by atoms with Crippen LogP contribution < -0.4 is 21.1 Å². The van der Waals surface area contributed by atoms with Crippen LogP contribution in [-0.2, 0) is 14.4 Å². The van der Waals surface area contributed by atoms with Crippen LogP contribution in [0, 0.1) is 0 Å². The fourth-order valence-corrected chi connectivity index (χ4v) is 8.32. The maximum absolute atomic E-state index is 13.6. The van der Waals surface area contributed by atoms with Gasteiger partial charge in [-0.15, -0.1) is 0 Å². The van der Waals surface area contributed by atoms with E-state index in [1.165, 1.54) is 6.33 Å². The van der Waals surface area contributed by atoms with E-state index in [9.17, 15) is 24.0 Å². The molecule has 15 heteroatoms. The van der Waals surface area contributed by atoms with Gasteiger partial charge in [0.25, 0.3) is 11.8 Å². The zero-order valence-electron chi connectivity index (χ0n) is 32.9. The fourth-order valence-electron chi connectivity index (χ4n) is 8.32. The van der Waals surface area contributed by atoms with Crippen LogP contribution in [0.3, 0.4) is 0 Å². The number of piperidine rings is 2. The Kier molecular flexibility index (Phi) is 11.6. The highest BCUT2D eigenvalue weighted by Crippen LogP contribution is 2.37. The quantitative estimate of drug-likeness (QED) is 0.0667. The molecule has 2 atom stereocenters. The van der Waals surface area contributed by atoms with Gasteiger partial charge in [-0.05, 0) is 87.1 Å². The molecule has 3 aliphatic heterocycles. The number of nitrogens with two attached hydrogens (primary N) is 1. The number of para-hydroxylation sites is 1. The van der Waals surface area contributed by atoms with Crippen molar-refractivity contribution in [3.05, 3.63) is 107 Å². The molecule has 2 saturated heterocycles. The van der Waals surface area contributed by atoms with Crippen LogP contribution in [0.5, 0.6) is 11.5 Å². The first kappa shape index (κ1) is 39.5. The number of nitrogens with zero attached hydrogens (tertiary/aromatic N) is 6. The van der Waals surface area contributed by atoms with Gasteiger partial charge in [-0.2, -0.15) is 5.10 Å². The monoisotopic (exact) mass is 805 g/mol. The number of allylic oxidation sites excluding steroid dienone is 2. The predicted octanol–water partition coefficient (Wildman–Crippen LogP) is 6.06. The summed E-state index contributed by atoms with van der Waals surface area (Å²) in [6, 6.07) is 21.4. The summed E-state index contributed by atoms with van der Waals surface area (Å²) in [5, 5.41) is 11.7. The number of carbonyl (C=O) groups is 2. The number of benzene rings is 3. The number of hydrogen-bond donors (Lipinski definition) is 3. The van der Waals surface area contributed by atoms with E-state index in [1.807, 2.05) is 59.3 Å². The average molecular weight is 806 g/mol. The van der Waals surface area contributed by atoms with Gasteiger partial charge in [0.2, 0.25) is 0 Å². The van der Waals surface area contributed by atoms with Gasteiger partial charge >= 0.3 is 0 Å². The molecule has 2 fully saturated rings. The molecule has 0 spiro atoms. The van der Waals surface area contributed by atoms with Crippen molar-refractivity contribution in [3.8, 4) is 22.8 Å². The largest absolute Gasteiger partial charge is 0.457 e. The molecule has 2 amide bonds. The molecule has 8 rings (SSSR count). The molecule has 0 bridgehead atoms. The second-order valence-corrected chi connectivity index (χ2v) is 15.1. The van der Waals surface area contributed by atoms with Crippen LogP contribution in [0.2, 0.25) is 0 Å². The summed E-state index contributed by atoms with van der Waals surface area (Å²) in [6.07, 6.45) is 7.62. The summed E-state index contributed by atoms with van der Waals surface area (Å²) < 4.78 is 7.91. The number of aromatic nitrogens is 4. The third-order valence-electron chi connectivity index (χ3n) is 11.3. The van der Waals surface area contributed by atoms with E-state index in [0.29, 0.717) is 59.2 Å². The van der Waals surface area contributed by atoms with Gasteiger partial charge in [-0.3, -0.25) is 14.5 Å². The SMILES string of the molecule is Nc1ncnc2c1c(-c1ccc(Oc3ccccc3)cc1)nn2[C@@H]1CCCN(C(=C=O)CCCCCCNc2cccc3c2C(=O)N(C2CCC(=C=O)NC2=C=O)C3=O)C1. The number of unbranched alkanes of at least 4 members (excludes halogenated alkanes) is 3. The minimum atomic E-state index is -0.844. The molecule has 5 aromatic rings. The minimum absolute atomic E-state index is 0.0361. The number of anilines is 2. The first-order valence-corrected chi connectivity index (χ1v) is 20.2. The van der Waals surface area contributed by atoms with Crippen LogP contribution in [0.15, 0.2) is 96.2 Å². The molecule has 0 saturated carbocycles. The van der Waals surface area contributed by atoms with E-state index in [-0.39, 0.29) is 41.4 Å². The molecule has 2 aromatic heterocycles. The molecule has 3 aromatic carbocycles. The number of nitrogens with one attached hydrogen (secondary N) is 2. The molecule has 5 heterocycles. The van der Waals surface area contributed by atoms with Gasteiger partial charge in [0.15, 0.2) is 5.65 Å². The van der Waals surface area contributed by atoms with Gasteiger partial charge in [0.05, 0.1) is 34.3 Å². The third-order valence-corrected chi connectivity index (χ3v) is 11.3. The van der Waals surface area contributed by atoms with Crippen molar-refractivity contribution in [2.75, 3.05) is 30.7 Å². The van der Waals surface area contributed by atoms with Crippen LogP contribution in [0.25, 0.3) is 22.3 Å². The van der Waals surface area contributed by atoms with Crippen LogP contribution in [-0.4, -0.2) is 84.9 Å². The van der Waals surface area contributed by atoms with Gasteiger partial charge in [0.1, 0.15) is 58.6 Å². The summed E-state index contributed by atoms with van der Waals surface area (Å²) in [5.41, 5.74) is 10.5. The number of imide groups is 1. The number of carbonyl (C=O) groups excluding carboxylic acids is 5. The normalized spacial score (nSPS) is 17.5. The first-order chi connectivity index (χ1) is 29.4. The fraction of sp³-hybridized carbons (Fsp3) is 0.311.